The number of hydrogen-bond donors (Lipinski definition) is 4. The second-order valence-electron chi connectivity index (χ2n) is 11.9. The van der Waals surface area contributed by atoms with Crippen LogP contribution in [0.25, 0.3) is 0 Å². The lowest BCUT2D eigenvalue weighted by Crippen LogP contribution is -2.53. The molecule has 11 nitrogen and oxygen atoms in total. The zero-order valence-corrected chi connectivity index (χ0v) is 25.9. The highest BCUT2D eigenvalue weighted by atomic mass is 19.1. The number of carbonyl (C=O) groups excluding carboxylic acids is 4. The molecule has 45 heavy (non-hydrogen) atoms. The second-order valence-corrected chi connectivity index (χ2v) is 11.9. The van der Waals surface area contributed by atoms with Gasteiger partial charge in [0.1, 0.15) is 30.3 Å². The van der Waals surface area contributed by atoms with E-state index in [4.69, 9.17) is 10.5 Å². The highest BCUT2D eigenvalue weighted by molar-refractivity contribution is 6.43. The molecule has 3 fully saturated rings. The van der Waals surface area contributed by atoms with Gasteiger partial charge in [-0.15, -0.1) is 0 Å². The Morgan fingerprint density at radius 1 is 1.09 bits per heavy atom. The van der Waals surface area contributed by atoms with Gasteiger partial charge in [0.15, 0.2) is 0 Å². The molecule has 0 unspecified atom stereocenters. The zero-order valence-electron chi connectivity index (χ0n) is 25.9. The van der Waals surface area contributed by atoms with Crippen LogP contribution in [0.15, 0.2) is 35.5 Å². The number of halogens is 2. The summed E-state index contributed by atoms with van der Waals surface area (Å²) in [6.07, 6.45) is 6.31. The minimum Gasteiger partial charge on any atom is -0.405 e. The highest BCUT2D eigenvalue weighted by Crippen LogP contribution is 2.51. The number of nitrogens with zero attached hydrogens (tertiary/aromatic N) is 2. The summed E-state index contributed by atoms with van der Waals surface area (Å²) < 4.78 is 33.7. The van der Waals surface area contributed by atoms with Gasteiger partial charge in [0.05, 0.1) is 25.4 Å². The molecule has 0 radical (unpaired) electrons. The first-order valence-corrected chi connectivity index (χ1v) is 15.7. The number of aliphatic imine (C=N–C) groups is 1. The fourth-order valence-electron chi connectivity index (χ4n) is 5.87. The predicted molar refractivity (Wildman–Crippen MR) is 166 cm³/mol. The number of rotatable bonds is 15. The molecule has 1 saturated heterocycles. The van der Waals surface area contributed by atoms with E-state index in [1.807, 2.05) is 0 Å². The first-order chi connectivity index (χ1) is 21.7. The summed E-state index contributed by atoms with van der Waals surface area (Å²) >= 11 is 0. The molecule has 0 aromatic heterocycles. The fraction of sp³-hybridized carbons (Fsp3) is 0.594. The van der Waals surface area contributed by atoms with Crippen LogP contribution in [0.4, 0.5) is 14.5 Å². The van der Waals surface area contributed by atoms with E-state index in [9.17, 15) is 23.6 Å². The number of ether oxygens (including phenoxy) is 1. The van der Waals surface area contributed by atoms with Gasteiger partial charge in [-0.05, 0) is 73.4 Å². The molecule has 1 aromatic carbocycles. The smallest absolute Gasteiger partial charge is 0.270 e. The lowest BCUT2D eigenvalue weighted by Gasteiger charge is -2.33. The van der Waals surface area contributed by atoms with E-state index in [0.29, 0.717) is 31.9 Å². The van der Waals surface area contributed by atoms with Crippen molar-refractivity contribution in [3.8, 4) is 0 Å². The molecule has 3 atom stereocenters. The third-order valence-corrected chi connectivity index (χ3v) is 8.64. The topological polar surface area (TPSA) is 155 Å². The number of benzene rings is 1. The molecule has 13 heteroatoms. The first-order valence-electron chi connectivity index (χ1n) is 15.7. The van der Waals surface area contributed by atoms with Crippen molar-refractivity contribution in [2.45, 2.75) is 64.0 Å². The van der Waals surface area contributed by atoms with E-state index < -0.39 is 42.3 Å². The molecule has 1 aliphatic heterocycles. The van der Waals surface area contributed by atoms with Gasteiger partial charge in [0, 0.05) is 25.4 Å². The van der Waals surface area contributed by atoms with Crippen molar-refractivity contribution in [2.75, 3.05) is 44.8 Å². The van der Waals surface area contributed by atoms with Crippen LogP contribution in [0.3, 0.4) is 0 Å². The van der Waals surface area contributed by atoms with Crippen LogP contribution >= 0.6 is 0 Å². The summed E-state index contributed by atoms with van der Waals surface area (Å²) in [5.41, 5.74) is 5.75. The molecule has 2 saturated carbocycles. The minimum atomic E-state index is -0.961. The van der Waals surface area contributed by atoms with Gasteiger partial charge >= 0.3 is 0 Å². The van der Waals surface area contributed by atoms with Crippen LogP contribution in [-0.4, -0.2) is 85.8 Å². The molecular weight excluding hydrogens is 586 g/mol. The molecule has 4 rings (SSSR count). The monoisotopic (exact) mass is 630 g/mol. The van der Waals surface area contributed by atoms with Crippen LogP contribution < -0.4 is 21.7 Å². The maximum atomic E-state index is 15.6. The fourth-order valence-corrected chi connectivity index (χ4v) is 5.87. The molecular formula is C32H44F2N6O5. The van der Waals surface area contributed by atoms with Crippen LogP contribution in [0, 0.1) is 23.6 Å². The summed E-state index contributed by atoms with van der Waals surface area (Å²) in [6.45, 7) is 4.04. The largest absolute Gasteiger partial charge is 0.405 e. The van der Waals surface area contributed by atoms with Gasteiger partial charge < -0.3 is 31.3 Å². The number of carbonyl (C=O) groups is 4. The average molecular weight is 631 g/mol. The van der Waals surface area contributed by atoms with Crippen LogP contribution in [-0.2, 0) is 23.9 Å². The van der Waals surface area contributed by atoms with Crippen molar-refractivity contribution >= 4 is 35.0 Å². The van der Waals surface area contributed by atoms with Gasteiger partial charge in [-0.1, -0.05) is 19.9 Å². The van der Waals surface area contributed by atoms with E-state index in [2.05, 4.69) is 20.9 Å². The van der Waals surface area contributed by atoms with E-state index in [1.165, 1.54) is 18.2 Å². The van der Waals surface area contributed by atoms with Crippen molar-refractivity contribution in [1.29, 1.82) is 0 Å². The Morgan fingerprint density at radius 3 is 2.31 bits per heavy atom. The van der Waals surface area contributed by atoms with Crippen LogP contribution in [0.2, 0.25) is 0 Å². The highest BCUT2D eigenvalue weighted by Gasteiger charge is 2.48. The lowest BCUT2D eigenvalue weighted by atomic mass is 9.88. The average Bonchev–Trinajstić information content (AvgIpc) is 3.98. The Kier molecular flexibility index (Phi) is 12.0. The number of alkyl halides is 1. The third kappa shape index (κ3) is 9.09. The van der Waals surface area contributed by atoms with Crippen molar-refractivity contribution in [3.05, 3.63) is 41.9 Å². The maximum absolute atomic E-state index is 15.6. The number of hydrogen-bond acceptors (Lipinski definition) is 7. The van der Waals surface area contributed by atoms with Gasteiger partial charge in [-0.2, -0.15) is 0 Å². The molecule has 1 aromatic rings. The Bertz CT molecular complexity index is 1280. The van der Waals surface area contributed by atoms with E-state index in [1.54, 1.807) is 24.8 Å². The van der Waals surface area contributed by atoms with Gasteiger partial charge in [0.25, 0.3) is 5.91 Å². The van der Waals surface area contributed by atoms with Crippen molar-refractivity contribution in [1.82, 2.24) is 15.5 Å². The van der Waals surface area contributed by atoms with E-state index in [-0.39, 0.29) is 53.9 Å². The Balaban J connectivity index is 1.53. The van der Waals surface area contributed by atoms with Crippen LogP contribution in [0.1, 0.15) is 57.4 Å². The molecule has 246 valence electrons. The molecule has 1 heterocycles. The third-order valence-electron chi connectivity index (χ3n) is 8.64. The van der Waals surface area contributed by atoms with Crippen molar-refractivity contribution in [3.63, 3.8) is 0 Å². The first kappa shape index (κ1) is 34.0. The minimum absolute atomic E-state index is 0.0811. The number of nitrogens with two attached hydrogens (primary N) is 1. The van der Waals surface area contributed by atoms with E-state index >= 15 is 4.39 Å². The number of nitrogens with one attached hydrogen (secondary N) is 3. The predicted octanol–water partition coefficient (Wildman–Crippen LogP) is 2.43. The summed E-state index contributed by atoms with van der Waals surface area (Å²) in [5, 5.41) is 8.23. The number of amides is 4. The molecule has 5 N–H and O–H groups in total. The van der Waals surface area contributed by atoms with Crippen molar-refractivity contribution in [2.24, 2.45) is 28.5 Å². The Hall–Kier alpha value is -3.87. The molecule has 0 spiro atoms. The second kappa shape index (κ2) is 15.9. The summed E-state index contributed by atoms with van der Waals surface area (Å²) in [4.78, 5) is 58.1. The Labute approximate surface area is 262 Å². The van der Waals surface area contributed by atoms with Gasteiger partial charge in [0.2, 0.25) is 17.7 Å². The number of anilines is 1. The Morgan fingerprint density at radius 2 is 1.76 bits per heavy atom. The van der Waals surface area contributed by atoms with Gasteiger partial charge in [-0.3, -0.25) is 24.2 Å². The van der Waals surface area contributed by atoms with E-state index in [0.717, 1.165) is 31.9 Å². The summed E-state index contributed by atoms with van der Waals surface area (Å²) in [7, 11) is 0. The summed E-state index contributed by atoms with van der Waals surface area (Å²) in [6, 6.07) is 2.41. The quantitative estimate of drug-likeness (QED) is 0.218. The lowest BCUT2D eigenvalue weighted by molar-refractivity contribution is -0.140. The standard InChI is InChI=1S/C32H44F2N6O5/c1-3-26(41)38-28(32(44)40-14-16-45-17-15-40)19(2)22-8-9-24(23(34)18-22)37-31(43)29(27(20-4-5-20)21-6-7-21)39-30(42)25(10-12-35)36-13-11-33/h8-10,12,18-21,27-29H,3-7,11,13-17,35H2,1-2H3,(H,37,43)(H,38,41)(H,39,42)/b12-10-,36-25?/t19-,28+,29-/m0/s1. The zero-order chi connectivity index (χ0) is 32.5. The summed E-state index contributed by atoms with van der Waals surface area (Å²) in [5.74, 6) is -2.70. The number of morpholine rings is 1. The maximum Gasteiger partial charge on any atom is 0.270 e. The van der Waals surface area contributed by atoms with Gasteiger partial charge in [-0.25, -0.2) is 8.78 Å². The molecule has 4 amide bonds. The van der Waals surface area contributed by atoms with Crippen LogP contribution in [0.5, 0.6) is 0 Å². The normalized spacial score (nSPS) is 19.2. The molecule has 2 aliphatic carbocycles. The molecule has 0 bridgehead atoms. The van der Waals surface area contributed by atoms with Crippen molar-refractivity contribution < 1.29 is 32.7 Å². The SMILES string of the molecule is CCC(=O)N[C@@H](C(=O)N1CCOCC1)[C@@H](C)c1ccc(NC(=O)[C@@H](NC(=O)C(/C=C\N)=NCCF)C(C2CC2)C2CC2)c(F)c1. The molecule has 3 aliphatic rings.